The number of fused-ring (bicyclic) bond motifs is 3. The lowest BCUT2D eigenvalue weighted by Gasteiger charge is -2.13. The van der Waals surface area contributed by atoms with Crippen LogP contribution in [0.2, 0.25) is 0 Å². The summed E-state index contributed by atoms with van der Waals surface area (Å²) >= 11 is 0. The molecule has 0 saturated carbocycles. The van der Waals surface area contributed by atoms with Crippen molar-refractivity contribution >= 4 is 22.6 Å². The van der Waals surface area contributed by atoms with Crippen molar-refractivity contribution in [1.82, 2.24) is 9.55 Å². The van der Waals surface area contributed by atoms with Gasteiger partial charge in [-0.2, -0.15) is 0 Å². The first kappa shape index (κ1) is 25.0. The molecule has 0 aliphatic carbocycles. The van der Waals surface area contributed by atoms with E-state index in [2.05, 4.69) is 11.1 Å². The van der Waals surface area contributed by atoms with Gasteiger partial charge < -0.3 is 25.0 Å². The van der Waals surface area contributed by atoms with Gasteiger partial charge in [0, 0.05) is 12.1 Å². The maximum Gasteiger partial charge on any atom is 0.335 e. The average molecular weight is 507 g/mol. The van der Waals surface area contributed by atoms with Crippen LogP contribution in [0.5, 0.6) is 5.75 Å². The number of aromatic carboxylic acids is 1. The van der Waals surface area contributed by atoms with E-state index in [1.165, 1.54) is 0 Å². The van der Waals surface area contributed by atoms with Crippen molar-refractivity contribution < 1.29 is 25.2 Å². The Morgan fingerprint density at radius 2 is 1.74 bits per heavy atom. The van der Waals surface area contributed by atoms with Gasteiger partial charge in [-0.3, -0.25) is 0 Å². The minimum atomic E-state index is -0.978. The van der Waals surface area contributed by atoms with Gasteiger partial charge in [-0.1, -0.05) is 66.7 Å². The quantitative estimate of drug-likeness (QED) is 0.347. The molecule has 0 fully saturated rings. The Kier molecular flexibility index (Phi) is 6.79. The predicted octanol–water partition coefficient (Wildman–Crippen LogP) is 5.02. The highest BCUT2D eigenvalue weighted by molar-refractivity contribution is 5.92. The number of aliphatic hydroxyl groups is 1. The normalized spacial score (nSPS) is 14.1. The minimum absolute atomic E-state index is 0. The molecule has 1 aromatic heterocycles. The standard InChI is InChI=1S/C31H24N2O4.H2O/c34-30(20-6-2-1-3-7-20)21-10-12-28-27(17-21)32-19-33(28)15-14-25-24-9-5-4-8-23(24)18-37-29-13-11-22(31(35)36)16-26(25)29;/h1-14,16-17,19,30,34H,15,18H2,(H,35,36);1H2/b25-14+;. The summed E-state index contributed by atoms with van der Waals surface area (Å²) in [7, 11) is 0. The van der Waals surface area contributed by atoms with E-state index in [0.717, 1.165) is 44.4 Å². The Balaban J connectivity index is 0.00000294. The molecule has 0 spiro atoms. The molecule has 4 aromatic carbocycles. The van der Waals surface area contributed by atoms with Crippen molar-refractivity contribution in [1.29, 1.82) is 0 Å². The first-order valence-corrected chi connectivity index (χ1v) is 12.1. The second-order valence-electron chi connectivity index (χ2n) is 9.04. The van der Waals surface area contributed by atoms with Crippen molar-refractivity contribution in [3.8, 4) is 5.75 Å². The van der Waals surface area contributed by atoms with Crippen molar-refractivity contribution in [2.75, 3.05) is 0 Å². The van der Waals surface area contributed by atoms with Gasteiger partial charge in [-0.05, 0) is 58.2 Å². The van der Waals surface area contributed by atoms with Gasteiger partial charge in [0.1, 0.15) is 18.5 Å². The van der Waals surface area contributed by atoms with Crippen LogP contribution in [0.15, 0.2) is 103 Å². The van der Waals surface area contributed by atoms with Crippen LogP contribution in [0.1, 0.15) is 44.3 Å². The van der Waals surface area contributed by atoms with Crippen LogP contribution in [-0.2, 0) is 13.2 Å². The number of nitrogens with zero attached hydrogens (tertiary/aromatic N) is 2. The maximum atomic E-state index is 11.7. The zero-order valence-electron chi connectivity index (χ0n) is 20.4. The molecule has 38 heavy (non-hydrogen) atoms. The lowest BCUT2D eigenvalue weighted by Crippen LogP contribution is -2.01. The van der Waals surface area contributed by atoms with Gasteiger partial charge >= 0.3 is 5.97 Å². The molecule has 5 aromatic rings. The number of carbonyl (C=O) groups is 1. The second-order valence-corrected chi connectivity index (χ2v) is 9.04. The number of carboxylic acid groups (broad SMARTS) is 1. The van der Waals surface area contributed by atoms with E-state index >= 15 is 0 Å². The molecule has 1 atom stereocenters. The molecule has 0 amide bonds. The smallest absolute Gasteiger partial charge is 0.335 e. The molecular formula is C31H26N2O5. The topological polar surface area (TPSA) is 116 Å². The van der Waals surface area contributed by atoms with Gasteiger partial charge in [-0.15, -0.1) is 0 Å². The van der Waals surface area contributed by atoms with E-state index in [-0.39, 0.29) is 11.0 Å². The molecule has 190 valence electrons. The molecule has 1 aliphatic rings. The number of carboxylic acids is 1. The number of benzene rings is 4. The van der Waals surface area contributed by atoms with Gasteiger partial charge in [-0.25, -0.2) is 9.78 Å². The molecule has 0 bridgehead atoms. The minimum Gasteiger partial charge on any atom is -0.488 e. The largest absolute Gasteiger partial charge is 0.488 e. The molecule has 7 nitrogen and oxygen atoms in total. The summed E-state index contributed by atoms with van der Waals surface area (Å²) in [6.07, 6.45) is 3.15. The Bertz CT molecular complexity index is 1660. The fourth-order valence-electron chi connectivity index (χ4n) is 4.84. The molecule has 1 aliphatic heterocycles. The summed E-state index contributed by atoms with van der Waals surface area (Å²) in [6.45, 7) is 0.935. The summed E-state index contributed by atoms with van der Waals surface area (Å²) in [5.41, 5.74) is 7.30. The van der Waals surface area contributed by atoms with E-state index in [1.54, 1.807) is 24.5 Å². The van der Waals surface area contributed by atoms with E-state index in [9.17, 15) is 15.0 Å². The molecule has 1 unspecified atom stereocenters. The number of hydrogen-bond donors (Lipinski definition) is 2. The number of ether oxygens (including phenoxy) is 1. The highest BCUT2D eigenvalue weighted by Crippen LogP contribution is 2.37. The van der Waals surface area contributed by atoms with Crippen LogP contribution in [0.25, 0.3) is 16.6 Å². The number of rotatable bonds is 5. The molecule has 2 heterocycles. The molecule has 7 heteroatoms. The SMILES string of the molecule is O.O=C(O)c1ccc2c(c1)/C(=C/Cn1cnc3cc(C(O)c4ccccc4)ccc31)c1ccccc1CO2. The number of imidazole rings is 1. The van der Waals surface area contributed by atoms with Gasteiger partial charge in [0.05, 0.1) is 22.9 Å². The Morgan fingerprint density at radius 3 is 2.55 bits per heavy atom. The summed E-state index contributed by atoms with van der Waals surface area (Å²) in [4.78, 5) is 16.3. The van der Waals surface area contributed by atoms with Crippen LogP contribution in [-0.4, -0.2) is 31.2 Å². The van der Waals surface area contributed by atoms with Crippen LogP contribution in [0.3, 0.4) is 0 Å². The molecule has 6 rings (SSSR count). The van der Waals surface area contributed by atoms with Crippen LogP contribution in [0, 0.1) is 0 Å². The average Bonchev–Trinajstić information content (AvgIpc) is 3.27. The van der Waals surface area contributed by atoms with Crippen LogP contribution < -0.4 is 4.74 Å². The van der Waals surface area contributed by atoms with Gasteiger partial charge in [0.2, 0.25) is 0 Å². The Hall–Kier alpha value is -4.72. The number of hydrogen-bond acceptors (Lipinski definition) is 4. The monoisotopic (exact) mass is 506 g/mol. The number of aliphatic hydroxyl groups excluding tert-OH is 1. The third kappa shape index (κ3) is 4.56. The van der Waals surface area contributed by atoms with Crippen LogP contribution >= 0.6 is 0 Å². The van der Waals surface area contributed by atoms with Crippen molar-refractivity contribution in [3.63, 3.8) is 0 Å². The summed E-state index contributed by atoms with van der Waals surface area (Å²) in [5, 5.41) is 20.4. The van der Waals surface area contributed by atoms with E-state index in [0.29, 0.717) is 18.9 Å². The van der Waals surface area contributed by atoms with Crippen LogP contribution in [0.4, 0.5) is 0 Å². The zero-order chi connectivity index (χ0) is 25.4. The molecule has 0 saturated heterocycles. The highest BCUT2D eigenvalue weighted by atomic mass is 16.5. The lowest BCUT2D eigenvalue weighted by atomic mass is 9.93. The zero-order valence-corrected chi connectivity index (χ0v) is 20.4. The lowest BCUT2D eigenvalue weighted by molar-refractivity contribution is 0.0696. The third-order valence-electron chi connectivity index (χ3n) is 6.78. The second kappa shape index (κ2) is 10.3. The predicted molar refractivity (Wildman–Crippen MR) is 145 cm³/mol. The van der Waals surface area contributed by atoms with Gasteiger partial charge in [0.15, 0.2) is 0 Å². The van der Waals surface area contributed by atoms with E-state index < -0.39 is 12.1 Å². The van der Waals surface area contributed by atoms with Crippen molar-refractivity contribution in [2.45, 2.75) is 19.3 Å². The summed E-state index contributed by atoms with van der Waals surface area (Å²) < 4.78 is 8.08. The number of aromatic nitrogens is 2. The first-order chi connectivity index (χ1) is 18.1. The third-order valence-corrected chi connectivity index (χ3v) is 6.78. The van der Waals surface area contributed by atoms with E-state index in [1.807, 2.05) is 77.4 Å². The Labute approximate surface area is 219 Å². The summed E-state index contributed by atoms with van der Waals surface area (Å²) in [5.74, 6) is -0.323. The van der Waals surface area contributed by atoms with Crippen molar-refractivity contribution in [3.05, 3.63) is 137 Å². The molecular weight excluding hydrogens is 480 g/mol. The van der Waals surface area contributed by atoms with Gasteiger partial charge in [0.25, 0.3) is 0 Å². The van der Waals surface area contributed by atoms with Crippen molar-refractivity contribution in [2.24, 2.45) is 0 Å². The summed E-state index contributed by atoms with van der Waals surface area (Å²) in [6, 6.07) is 28.4. The molecule has 4 N–H and O–H groups in total. The van der Waals surface area contributed by atoms with E-state index in [4.69, 9.17) is 4.74 Å². The highest BCUT2D eigenvalue weighted by Gasteiger charge is 2.21. The fourth-order valence-corrected chi connectivity index (χ4v) is 4.84. The first-order valence-electron chi connectivity index (χ1n) is 12.1. The fraction of sp³-hybridized carbons (Fsp3) is 0.0968. The number of allylic oxidation sites excluding steroid dienone is 1. The molecule has 0 radical (unpaired) electrons. The Morgan fingerprint density at radius 1 is 0.947 bits per heavy atom. The maximum absolute atomic E-state index is 11.7.